The van der Waals surface area contributed by atoms with Gasteiger partial charge in [0.15, 0.2) is 11.5 Å². The third-order valence-corrected chi connectivity index (χ3v) is 4.06. The van der Waals surface area contributed by atoms with Gasteiger partial charge in [0.05, 0.1) is 11.7 Å². The van der Waals surface area contributed by atoms with Gasteiger partial charge in [-0.2, -0.15) is 0 Å². The molecule has 0 unspecified atom stereocenters. The van der Waals surface area contributed by atoms with Crippen molar-refractivity contribution in [1.29, 1.82) is 0 Å². The van der Waals surface area contributed by atoms with Crippen LogP contribution in [0.3, 0.4) is 0 Å². The number of nitrogens with zero attached hydrogens (tertiary/aromatic N) is 3. The van der Waals surface area contributed by atoms with Crippen molar-refractivity contribution in [2.45, 2.75) is 52.0 Å². The second kappa shape index (κ2) is 6.34. The lowest BCUT2D eigenvalue weighted by Gasteiger charge is -2.21. The Morgan fingerprint density at radius 2 is 2.18 bits per heavy atom. The van der Waals surface area contributed by atoms with E-state index >= 15 is 0 Å². The Bertz CT molecular complexity index is 647. The molecule has 1 aliphatic heterocycles. The number of likely N-dealkylation sites (tertiary alicyclic amines) is 1. The van der Waals surface area contributed by atoms with Crippen molar-refractivity contribution in [3.05, 3.63) is 35.0 Å². The summed E-state index contributed by atoms with van der Waals surface area (Å²) < 4.78 is 10.6. The van der Waals surface area contributed by atoms with Gasteiger partial charge in [0, 0.05) is 25.1 Å². The van der Waals surface area contributed by atoms with Crippen LogP contribution in [0.5, 0.6) is 0 Å². The molecule has 22 heavy (non-hydrogen) atoms. The lowest BCUT2D eigenvalue weighted by atomic mass is 10.1. The number of aryl methyl sites for hydroxylation is 2. The van der Waals surface area contributed by atoms with Crippen LogP contribution in [0.1, 0.15) is 66.9 Å². The first-order chi connectivity index (χ1) is 10.7. The van der Waals surface area contributed by atoms with E-state index in [1.54, 1.807) is 6.07 Å². The van der Waals surface area contributed by atoms with Crippen molar-refractivity contribution in [1.82, 2.24) is 15.2 Å². The molecule has 3 rings (SSSR count). The van der Waals surface area contributed by atoms with Crippen LogP contribution in [0.2, 0.25) is 0 Å². The molecule has 0 saturated carbocycles. The number of carbonyl (C=O) groups is 1. The lowest BCUT2D eigenvalue weighted by molar-refractivity contribution is 0.0704. The fourth-order valence-electron chi connectivity index (χ4n) is 2.88. The maximum Gasteiger partial charge on any atom is 0.276 e. The van der Waals surface area contributed by atoms with Crippen LogP contribution in [0.25, 0.3) is 0 Å². The number of amides is 1. The summed E-state index contributed by atoms with van der Waals surface area (Å²) in [7, 11) is 0. The minimum Gasteiger partial charge on any atom is -0.361 e. The Morgan fingerprint density at radius 1 is 1.32 bits per heavy atom. The fraction of sp³-hybridized carbons (Fsp3) is 0.562. The molecule has 118 valence electrons. The molecule has 2 aromatic heterocycles. The summed E-state index contributed by atoms with van der Waals surface area (Å²) in [5.74, 6) is 1.43. The zero-order chi connectivity index (χ0) is 15.5. The molecular weight excluding hydrogens is 282 g/mol. The lowest BCUT2D eigenvalue weighted by Crippen LogP contribution is -2.30. The van der Waals surface area contributed by atoms with Gasteiger partial charge in [-0.25, -0.2) is 0 Å². The molecule has 0 aromatic carbocycles. The summed E-state index contributed by atoms with van der Waals surface area (Å²) >= 11 is 0. The molecule has 1 atom stereocenters. The largest absolute Gasteiger partial charge is 0.361 e. The molecule has 6 heteroatoms. The normalized spacial score (nSPS) is 18.1. The molecule has 0 radical (unpaired) electrons. The number of rotatable bonds is 5. The molecule has 0 bridgehead atoms. The standard InChI is InChI=1S/C16H21N3O3/c1-3-6-12-10-13(18-21-12)16(20)19-8-5-7-14(19)15-9-11(4-2)17-22-15/h9-10,14H,3-8H2,1-2H3/t14-/m0/s1. The number of carbonyl (C=O) groups excluding carboxylic acids is 1. The molecule has 3 heterocycles. The summed E-state index contributed by atoms with van der Waals surface area (Å²) in [6.45, 7) is 4.81. The van der Waals surface area contributed by atoms with Gasteiger partial charge >= 0.3 is 0 Å². The highest BCUT2D eigenvalue weighted by Crippen LogP contribution is 2.33. The SMILES string of the molecule is CCCc1cc(C(=O)N2CCC[C@H]2c2cc(CC)no2)no1. The number of aromatic nitrogens is 2. The van der Waals surface area contributed by atoms with E-state index in [9.17, 15) is 4.79 Å². The fourth-order valence-corrected chi connectivity index (χ4v) is 2.88. The van der Waals surface area contributed by atoms with Gasteiger partial charge in [0.2, 0.25) is 0 Å². The molecule has 0 N–H and O–H groups in total. The molecule has 0 aliphatic carbocycles. The minimum absolute atomic E-state index is 0.0494. The van der Waals surface area contributed by atoms with E-state index in [2.05, 4.69) is 17.2 Å². The highest BCUT2D eigenvalue weighted by molar-refractivity contribution is 5.92. The van der Waals surface area contributed by atoms with Crippen molar-refractivity contribution in [3.63, 3.8) is 0 Å². The number of hydrogen-bond donors (Lipinski definition) is 0. The zero-order valence-electron chi connectivity index (χ0n) is 13.0. The van der Waals surface area contributed by atoms with Crippen LogP contribution >= 0.6 is 0 Å². The van der Waals surface area contributed by atoms with Gasteiger partial charge in [-0.1, -0.05) is 24.2 Å². The summed E-state index contributed by atoms with van der Waals surface area (Å²) in [6.07, 6.45) is 4.44. The van der Waals surface area contributed by atoms with E-state index in [-0.39, 0.29) is 11.9 Å². The van der Waals surface area contributed by atoms with Gasteiger partial charge in [0.1, 0.15) is 5.76 Å². The summed E-state index contributed by atoms with van der Waals surface area (Å²) in [5, 5.41) is 7.94. The number of hydrogen-bond acceptors (Lipinski definition) is 5. The Labute approximate surface area is 129 Å². The Morgan fingerprint density at radius 3 is 2.91 bits per heavy atom. The highest BCUT2D eigenvalue weighted by Gasteiger charge is 2.34. The van der Waals surface area contributed by atoms with Crippen LogP contribution in [0.4, 0.5) is 0 Å². The zero-order valence-corrected chi connectivity index (χ0v) is 13.0. The van der Waals surface area contributed by atoms with Gasteiger partial charge in [-0.15, -0.1) is 0 Å². The summed E-state index contributed by atoms with van der Waals surface area (Å²) in [6, 6.07) is 3.65. The molecule has 2 aromatic rings. The first-order valence-corrected chi connectivity index (χ1v) is 7.95. The van der Waals surface area contributed by atoms with E-state index in [0.29, 0.717) is 12.2 Å². The first kappa shape index (κ1) is 14.8. The van der Waals surface area contributed by atoms with E-state index in [1.807, 2.05) is 17.9 Å². The van der Waals surface area contributed by atoms with E-state index in [1.165, 1.54) is 0 Å². The van der Waals surface area contributed by atoms with Gasteiger partial charge in [-0.3, -0.25) is 4.79 Å². The smallest absolute Gasteiger partial charge is 0.276 e. The molecule has 0 spiro atoms. The Hall–Kier alpha value is -2.11. The van der Waals surface area contributed by atoms with Gasteiger partial charge in [0.25, 0.3) is 5.91 Å². The minimum atomic E-state index is -0.0944. The van der Waals surface area contributed by atoms with Crippen molar-refractivity contribution in [2.24, 2.45) is 0 Å². The van der Waals surface area contributed by atoms with E-state index in [0.717, 1.165) is 49.3 Å². The van der Waals surface area contributed by atoms with Crippen LogP contribution in [-0.4, -0.2) is 27.7 Å². The van der Waals surface area contributed by atoms with Crippen LogP contribution in [0, 0.1) is 0 Å². The summed E-state index contributed by atoms with van der Waals surface area (Å²) in [4.78, 5) is 14.5. The first-order valence-electron chi connectivity index (χ1n) is 7.95. The average Bonchev–Trinajstić information content (AvgIpc) is 3.26. The van der Waals surface area contributed by atoms with Crippen molar-refractivity contribution in [2.75, 3.05) is 6.54 Å². The monoisotopic (exact) mass is 303 g/mol. The third kappa shape index (κ3) is 2.77. The second-order valence-corrected chi connectivity index (χ2v) is 5.66. The van der Waals surface area contributed by atoms with Gasteiger partial charge in [-0.05, 0) is 25.7 Å². The molecule has 1 saturated heterocycles. The predicted molar refractivity (Wildman–Crippen MR) is 79.4 cm³/mol. The average molecular weight is 303 g/mol. The second-order valence-electron chi connectivity index (χ2n) is 5.66. The van der Waals surface area contributed by atoms with Crippen molar-refractivity contribution >= 4 is 5.91 Å². The van der Waals surface area contributed by atoms with Crippen molar-refractivity contribution < 1.29 is 13.8 Å². The highest BCUT2D eigenvalue weighted by atomic mass is 16.5. The maximum atomic E-state index is 12.7. The Kier molecular flexibility index (Phi) is 4.27. The van der Waals surface area contributed by atoms with E-state index in [4.69, 9.17) is 9.05 Å². The molecular formula is C16H21N3O3. The Balaban J connectivity index is 1.78. The van der Waals surface area contributed by atoms with Crippen LogP contribution < -0.4 is 0 Å². The maximum absolute atomic E-state index is 12.7. The molecule has 6 nitrogen and oxygen atoms in total. The van der Waals surface area contributed by atoms with Crippen LogP contribution in [0.15, 0.2) is 21.2 Å². The summed E-state index contributed by atoms with van der Waals surface area (Å²) in [5.41, 5.74) is 1.30. The quantitative estimate of drug-likeness (QED) is 0.848. The van der Waals surface area contributed by atoms with E-state index < -0.39 is 0 Å². The van der Waals surface area contributed by atoms with Gasteiger partial charge < -0.3 is 13.9 Å². The predicted octanol–water partition coefficient (Wildman–Crippen LogP) is 3.15. The molecule has 1 fully saturated rings. The molecule has 1 amide bonds. The topological polar surface area (TPSA) is 72.4 Å². The third-order valence-electron chi connectivity index (χ3n) is 4.06. The van der Waals surface area contributed by atoms with Crippen molar-refractivity contribution in [3.8, 4) is 0 Å². The molecule has 1 aliphatic rings. The van der Waals surface area contributed by atoms with Crippen LogP contribution in [-0.2, 0) is 12.8 Å².